The number of hydrogen-bond acceptors (Lipinski definition) is 5. The predicted molar refractivity (Wildman–Crippen MR) is 103 cm³/mol. The molecular weight excluding hydrogens is 379 g/mol. The Kier molecular flexibility index (Phi) is 5.92. The van der Waals surface area contributed by atoms with Crippen molar-refractivity contribution in [3.8, 4) is 0 Å². The number of aryl methyl sites for hydroxylation is 1. The van der Waals surface area contributed by atoms with Crippen molar-refractivity contribution in [1.82, 2.24) is 10.6 Å². The Morgan fingerprint density at radius 1 is 1.14 bits per heavy atom. The second kappa shape index (κ2) is 8.55. The fraction of sp³-hybridized carbons (Fsp3) is 0.190. The van der Waals surface area contributed by atoms with Crippen LogP contribution in [-0.4, -0.2) is 24.0 Å². The molecule has 7 nitrogen and oxygen atoms in total. The number of carbonyl (C=O) groups is 3. The molecule has 1 heterocycles. The summed E-state index contributed by atoms with van der Waals surface area (Å²) in [6, 6.07) is 12.3. The van der Waals surface area contributed by atoms with Crippen LogP contribution < -0.4 is 10.6 Å². The number of hydrogen-bond donors (Lipinski definition) is 2. The quantitative estimate of drug-likeness (QED) is 0.642. The van der Waals surface area contributed by atoms with E-state index < -0.39 is 29.8 Å². The maximum atomic E-state index is 13.4. The zero-order valence-electron chi connectivity index (χ0n) is 15.8. The van der Waals surface area contributed by atoms with Crippen LogP contribution in [0.25, 0.3) is 11.0 Å². The molecule has 0 aliphatic heterocycles. The SMILES string of the molecule is Cc1c(C(=O)O[C@H](C)C(=O)NC(=O)NCc2ccccc2)oc2ccc(F)cc12. The minimum atomic E-state index is -1.24. The van der Waals surface area contributed by atoms with Gasteiger partial charge in [0.1, 0.15) is 11.4 Å². The minimum absolute atomic E-state index is 0.126. The van der Waals surface area contributed by atoms with Gasteiger partial charge in [-0.05, 0) is 37.6 Å². The monoisotopic (exact) mass is 398 g/mol. The Balaban J connectivity index is 1.57. The number of ether oxygens (including phenoxy) is 1. The highest BCUT2D eigenvalue weighted by Crippen LogP contribution is 2.26. The molecule has 29 heavy (non-hydrogen) atoms. The third-order valence-corrected chi connectivity index (χ3v) is 4.27. The van der Waals surface area contributed by atoms with Crippen LogP contribution >= 0.6 is 0 Å². The molecule has 0 aliphatic rings. The molecular formula is C21H19FN2O5. The van der Waals surface area contributed by atoms with Gasteiger partial charge >= 0.3 is 12.0 Å². The lowest BCUT2D eigenvalue weighted by Crippen LogP contribution is -2.44. The van der Waals surface area contributed by atoms with Crippen LogP contribution in [0.1, 0.15) is 28.6 Å². The summed E-state index contributed by atoms with van der Waals surface area (Å²) in [4.78, 5) is 36.3. The average Bonchev–Trinajstić information content (AvgIpc) is 3.03. The van der Waals surface area contributed by atoms with E-state index in [1.807, 2.05) is 30.3 Å². The Hall–Kier alpha value is -3.68. The summed E-state index contributed by atoms with van der Waals surface area (Å²) in [6.45, 7) is 3.15. The summed E-state index contributed by atoms with van der Waals surface area (Å²) in [5.41, 5.74) is 1.59. The number of esters is 1. The van der Waals surface area contributed by atoms with Crippen LogP contribution in [-0.2, 0) is 16.1 Å². The number of urea groups is 1. The number of benzene rings is 2. The zero-order valence-corrected chi connectivity index (χ0v) is 15.8. The first-order valence-corrected chi connectivity index (χ1v) is 8.87. The molecule has 150 valence electrons. The largest absolute Gasteiger partial charge is 0.449 e. The predicted octanol–water partition coefficient (Wildman–Crippen LogP) is 3.45. The smallest absolute Gasteiger partial charge is 0.375 e. The van der Waals surface area contributed by atoms with Gasteiger partial charge in [0.05, 0.1) is 0 Å². The molecule has 3 aromatic rings. The zero-order chi connectivity index (χ0) is 21.0. The molecule has 1 atom stereocenters. The van der Waals surface area contributed by atoms with Gasteiger partial charge < -0.3 is 14.5 Å². The topological polar surface area (TPSA) is 97.6 Å². The number of carbonyl (C=O) groups excluding carboxylic acids is 3. The van der Waals surface area contributed by atoms with Crippen LogP contribution in [0.15, 0.2) is 52.9 Å². The van der Waals surface area contributed by atoms with Crippen molar-refractivity contribution in [2.45, 2.75) is 26.5 Å². The summed E-state index contributed by atoms with van der Waals surface area (Å²) in [5, 5.41) is 5.08. The number of imide groups is 1. The van der Waals surface area contributed by atoms with E-state index in [0.29, 0.717) is 16.5 Å². The van der Waals surface area contributed by atoms with Crippen LogP contribution in [0.2, 0.25) is 0 Å². The molecule has 3 amide bonds. The highest BCUT2D eigenvalue weighted by atomic mass is 19.1. The Bertz CT molecular complexity index is 1060. The van der Waals surface area contributed by atoms with Gasteiger partial charge in [0.2, 0.25) is 5.76 Å². The summed E-state index contributed by atoms with van der Waals surface area (Å²) >= 11 is 0. The number of nitrogens with one attached hydrogen (secondary N) is 2. The molecule has 0 radical (unpaired) electrons. The minimum Gasteiger partial charge on any atom is -0.449 e. The van der Waals surface area contributed by atoms with Crippen molar-refractivity contribution in [2.24, 2.45) is 0 Å². The van der Waals surface area contributed by atoms with Crippen molar-refractivity contribution in [1.29, 1.82) is 0 Å². The van der Waals surface area contributed by atoms with E-state index in [1.54, 1.807) is 6.92 Å². The molecule has 3 rings (SSSR count). The molecule has 0 spiro atoms. The Morgan fingerprint density at radius 3 is 2.59 bits per heavy atom. The van der Waals surface area contributed by atoms with Gasteiger partial charge in [-0.1, -0.05) is 30.3 Å². The normalized spacial score (nSPS) is 11.7. The number of halogens is 1. The Morgan fingerprint density at radius 2 is 1.86 bits per heavy atom. The molecule has 8 heteroatoms. The van der Waals surface area contributed by atoms with E-state index in [0.717, 1.165) is 5.56 Å². The lowest BCUT2D eigenvalue weighted by Gasteiger charge is -2.13. The van der Waals surface area contributed by atoms with E-state index in [2.05, 4.69) is 10.6 Å². The standard InChI is InChI=1S/C21H19FN2O5/c1-12-16-10-15(22)8-9-17(16)29-18(12)20(26)28-13(2)19(25)24-21(27)23-11-14-6-4-3-5-7-14/h3-10,13H,11H2,1-2H3,(H2,23,24,25,27)/t13-/m1/s1. The van der Waals surface area contributed by atoms with E-state index >= 15 is 0 Å². The van der Waals surface area contributed by atoms with Crippen LogP contribution in [0, 0.1) is 12.7 Å². The second-order valence-corrected chi connectivity index (χ2v) is 6.40. The molecule has 0 unspecified atom stereocenters. The molecule has 2 aromatic carbocycles. The van der Waals surface area contributed by atoms with Crippen LogP contribution in [0.5, 0.6) is 0 Å². The first kappa shape index (κ1) is 20.1. The second-order valence-electron chi connectivity index (χ2n) is 6.40. The average molecular weight is 398 g/mol. The number of fused-ring (bicyclic) bond motifs is 1. The fourth-order valence-corrected chi connectivity index (χ4v) is 2.69. The summed E-state index contributed by atoms with van der Waals surface area (Å²) in [5.74, 6) is -2.26. The number of furan rings is 1. The van der Waals surface area contributed by atoms with Gasteiger partial charge in [0.15, 0.2) is 6.10 Å². The first-order valence-electron chi connectivity index (χ1n) is 8.87. The highest BCUT2D eigenvalue weighted by molar-refractivity contribution is 5.99. The third-order valence-electron chi connectivity index (χ3n) is 4.27. The van der Waals surface area contributed by atoms with Gasteiger partial charge in [0.25, 0.3) is 5.91 Å². The number of rotatable bonds is 5. The van der Waals surface area contributed by atoms with Crippen molar-refractivity contribution >= 4 is 28.9 Å². The summed E-state index contributed by atoms with van der Waals surface area (Å²) in [6.07, 6.45) is -1.24. The number of amides is 3. The van der Waals surface area contributed by atoms with E-state index in [-0.39, 0.29) is 12.3 Å². The maximum Gasteiger partial charge on any atom is 0.375 e. The van der Waals surface area contributed by atoms with Crippen LogP contribution in [0.4, 0.5) is 9.18 Å². The van der Waals surface area contributed by atoms with E-state index in [9.17, 15) is 18.8 Å². The van der Waals surface area contributed by atoms with Crippen molar-refractivity contribution in [3.05, 3.63) is 71.2 Å². The van der Waals surface area contributed by atoms with E-state index in [4.69, 9.17) is 9.15 Å². The Labute approximate surface area is 165 Å². The van der Waals surface area contributed by atoms with Crippen molar-refractivity contribution < 1.29 is 27.9 Å². The molecule has 1 aromatic heterocycles. The highest BCUT2D eigenvalue weighted by Gasteiger charge is 2.25. The van der Waals surface area contributed by atoms with Crippen molar-refractivity contribution in [2.75, 3.05) is 0 Å². The van der Waals surface area contributed by atoms with Gasteiger partial charge in [-0.2, -0.15) is 0 Å². The summed E-state index contributed by atoms with van der Waals surface area (Å²) in [7, 11) is 0. The molecule has 0 saturated carbocycles. The molecule has 0 aliphatic carbocycles. The molecule has 2 N–H and O–H groups in total. The first-order chi connectivity index (χ1) is 13.8. The van der Waals surface area contributed by atoms with Crippen LogP contribution in [0.3, 0.4) is 0 Å². The van der Waals surface area contributed by atoms with E-state index in [1.165, 1.54) is 25.1 Å². The van der Waals surface area contributed by atoms with Crippen molar-refractivity contribution in [3.63, 3.8) is 0 Å². The lowest BCUT2D eigenvalue weighted by atomic mass is 10.1. The van der Waals surface area contributed by atoms with Gasteiger partial charge in [-0.15, -0.1) is 0 Å². The fourth-order valence-electron chi connectivity index (χ4n) is 2.69. The maximum absolute atomic E-state index is 13.4. The third kappa shape index (κ3) is 4.78. The summed E-state index contributed by atoms with van der Waals surface area (Å²) < 4.78 is 23.9. The molecule has 0 fully saturated rings. The lowest BCUT2D eigenvalue weighted by molar-refractivity contribution is -0.128. The van der Waals surface area contributed by atoms with Gasteiger partial charge in [-0.25, -0.2) is 14.0 Å². The molecule has 0 saturated heterocycles. The van der Waals surface area contributed by atoms with Gasteiger partial charge in [0, 0.05) is 17.5 Å². The molecule has 0 bridgehead atoms. The van der Waals surface area contributed by atoms with Gasteiger partial charge in [-0.3, -0.25) is 10.1 Å².